The number of nitrogens with one attached hydrogen (secondary N) is 1. The fourth-order valence-corrected chi connectivity index (χ4v) is 3.04. The van der Waals surface area contributed by atoms with E-state index in [4.69, 9.17) is 10.8 Å². The van der Waals surface area contributed by atoms with E-state index in [0.717, 1.165) is 43.8 Å². The van der Waals surface area contributed by atoms with Crippen molar-refractivity contribution in [2.24, 2.45) is 0 Å². The maximum absolute atomic E-state index is 5.93. The molecule has 0 aliphatic carbocycles. The first-order chi connectivity index (χ1) is 10.3. The number of hydrogen-bond donors (Lipinski definition) is 1. The minimum Gasteiger partial charge on any atom is -0.459 e. The van der Waals surface area contributed by atoms with E-state index in [1.165, 1.54) is 5.39 Å². The molecule has 3 rings (SSSR count). The lowest BCUT2D eigenvalue weighted by Crippen LogP contribution is -2.43. The Morgan fingerprint density at radius 2 is 2.14 bits per heavy atom. The van der Waals surface area contributed by atoms with E-state index in [2.05, 4.69) is 35.2 Å². The maximum Gasteiger partial charge on any atom is 0.134 e. The SMILES string of the molecule is C#CCN1CCC(NC(C)c2cc3ccccc3o2)CC1. The minimum atomic E-state index is 0.238. The molecule has 110 valence electrons. The first-order valence-corrected chi connectivity index (χ1v) is 7.66. The van der Waals surface area contributed by atoms with Crippen molar-refractivity contribution in [3.8, 4) is 12.3 Å². The van der Waals surface area contributed by atoms with E-state index in [1.54, 1.807) is 0 Å². The summed E-state index contributed by atoms with van der Waals surface area (Å²) in [6.07, 6.45) is 7.66. The van der Waals surface area contributed by atoms with Crippen molar-refractivity contribution in [2.75, 3.05) is 19.6 Å². The molecule has 3 heteroatoms. The smallest absolute Gasteiger partial charge is 0.134 e. The number of para-hydroxylation sites is 1. The average Bonchev–Trinajstić information content (AvgIpc) is 2.94. The fraction of sp³-hybridized carbons (Fsp3) is 0.444. The van der Waals surface area contributed by atoms with Crippen LogP contribution < -0.4 is 5.32 Å². The van der Waals surface area contributed by atoms with E-state index in [-0.39, 0.29) is 6.04 Å². The second-order valence-electron chi connectivity index (χ2n) is 5.83. The van der Waals surface area contributed by atoms with Crippen LogP contribution in [0.15, 0.2) is 34.7 Å². The lowest BCUT2D eigenvalue weighted by Gasteiger charge is -2.32. The van der Waals surface area contributed by atoms with Crippen LogP contribution in [-0.4, -0.2) is 30.6 Å². The van der Waals surface area contributed by atoms with Crippen molar-refractivity contribution in [3.05, 3.63) is 36.1 Å². The number of benzene rings is 1. The molecule has 3 nitrogen and oxygen atoms in total. The summed E-state index contributed by atoms with van der Waals surface area (Å²) >= 11 is 0. The Hall–Kier alpha value is -1.76. The van der Waals surface area contributed by atoms with Crippen molar-refractivity contribution >= 4 is 11.0 Å². The van der Waals surface area contributed by atoms with Crippen molar-refractivity contribution < 1.29 is 4.42 Å². The van der Waals surface area contributed by atoms with Crippen LogP contribution in [0.25, 0.3) is 11.0 Å². The van der Waals surface area contributed by atoms with Crippen LogP contribution in [0, 0.1) is 12.3 Å². The molecule has 2 aromatic rings. The highest BCUT2D eigenvalue weighted by Gasteiger charge is 2.21. The number of hydrogen-bond acceptors (Lipinski definition) is 3. The monoisotopic (exact) mass is 282 g/mol. The third-order valence-electron chi connectivity index (χ3n) is 4.26. The third-order valence-corrected chi connectivity index (χ3v) is 4.26. The molecule has 0 spiro atoms. The van der Waals surface area contributed by atoms with Gasteiger partial charge in [0.1, 0.15) is 11.3 Å². The molecule has 1 saturated heterocycles. The molecule has 0 amide bonds. The number of terminal acetylenes is 1. The summed E-state index contributed by atoms with van der Waals surface area (Å²) in [6.45, 7) is 5.10. The highest BCUT2D eigenvalue weighted by Crippen LogP contribution is 2.24. The van der Waals surface area contributed by atoms with E-state index < -0.39 is 0 Å². The summed E-state index contributed by atoms with van der Waals surface area (Å²) in [6, 6.07) is 11.1. The molecule has 1 aliphatic heterocycles. The van der Waals surface area contributed by atoms with Gasteiger partial charge in [0.2, 0.25) is 0 Å². The molecule has 1 aromatic heterocycles. The van der Waals surface area contributed by atoms with Gasteiger partial charge in [-0.3, -0.25) is 4.90 Å². The molecule has 1 fully saturated rings. The van der Waals surface area contributed by atoms with Gasteiger partial charge in [-0.05, 0) is 31.9 Å². The molecule has 2 heterocycles. The van der Waals surface area contributed by atoms with Gasteiger partial charge in [-0.15, -0.1) is 6.42 Å². The van der Waals surface area contributed by atoms with Gasteiger partial charge in [-0.25, -0.2) is 0 Å². The Kier molecular flexibility index (Phi) is 4.28. The molecule has 1 N–H and O–H groups in total. The van der Waals surface area contributed by atoms with Gasteiger partial charge in [0, 0.05) is 24.5 Å². The van der Waals surface area contributed by atoms with Crippen LogP contribution >= 0.6 is 0 Å². The van der Waals surface area contributed by atoms with Crippen LogP contribution in [0.1, 0.15) is 31.6 Å². The lowest BCUT2D eigenvalue weighted by molar-refractivity contribution is 0.208. The highest BCUT2D eigenvalue weighted by atomic mass is 16.3. The van der Waals surface area contributed by atoms with Gasteiger partial charge in [0.05, 0.1) is 12.6 Å². The predicted octanol–water partition coefficient (Wildman–Crippen LogP) is 3.18. The molecule has 1 aliphatic rings. The maximum atomic E-state index is 5.93. The molecule has 1 unspecified atom stereocenters. The Morgan fingerprint density at radius 3 is 2.86 bits per heavy atom. The Morgan fingerprint density at radius 1 is 1.38 bits per heavy atom. The minimum absolute atomic E-state index is 0.238. The van der Waals surface area contributed by atoms with E-state index in [9.17, 15) is 0 Å². The number of rotatable bonds is 4. The van der Waals surface area contributed by atoms with Gasteiger partial charge in [-0.2, -0.15) is 0 Å². The van der Waals surface area contributed by atoms with Gasteiger partial charge < -0.3 is 9.73 Å². The quantitative estimate of drug-likeness (QED) is 0.873. The summed E-state index contributed by atoms with van der Waals surface area (Å²) in [5.74, 6) is 3.74. The zero-order chi connectivity index (χ0) is 14.7. The van der Waals surface area contributed by atoms with Gasteiger partial charge in [0.15, 0.2) is 0 Å². The van der Waals surface area contributed by atoms with Gasteiger partial charge in [-0.1, -0.05) is 24.1 Å². The number of piperidine rings is 1. The van der Waals surface area contributed by atoms with Crippen LogP contribution in [-0.2, 0) is 0 Å². The molecule has 0 radical (unpaired) electrons. The Balaban J connectivity index is 1.59. The van der Waals surface area contributed by atoms with Crippen molar-refractivity contribution in [2.45, 2.75) is 31.8 Å². The molecule has 0 saturated carbocycles. The third kappa shape index (κ3) is 3.29. The first-order valence-electron chi connectivity index (χ1n) is 7.66. The second-order valence-corrected chi connectivity index (χ2v) is 5.83. The van der Waals surface area contributed by atoms with Crippen LogP contribution in [0.3, 0.4) is 0 Å². The highest BCUT2D eigenvalue weighted by molar-refractivity contribution is 5.77. The van der Waals surface area contributed by atoms with Crippen molar-refractivity contribution in [1.29, 1.82) is 0 Å². The number of furan rings is 1. The van der Waals surface area contributed by atoms with Crippen LogP contribution in [0.2, 0.25) is 0 Å². The van der Waals surface area contributed by atoms with E-state index in [1.807, 2.05) is 18.2 Å². The van der Waals surface area contributed by atoms with Crippen LogP contribution in [0.4, 0.5) is 0 Å². The molecule has 1 aromatic carbocycles. The molecular weight excluding hydrogens is 260 g/mol. The number of likely N-dealkylation sites (tertiary alicyclic amines) is 1. The summed E-state index contributed by atoms with van der Waals surface area (Å²) < 4.78 is 5.93. The summed E-state index contributed by atoms with van der Waals surface area (Å²) in [7, 11) is 0. The first kappa shape index (κ1) is 14.2. The lowest BCUT2D eigenvalue weighted by atomic mass is 10.0. The Labute approximate surface area is 126 Å². The standard InChI is InChI=1S/C18H22N2O/c1-3-10-20-11-8-16(9-12-20)19-14(2)18-13-15-6-4-5-7-17(15)21-18/h1,4-7,13-14,16,19H,8-12H2,2H3. The van der Waals surface area contributed by atoms with Crippen LogP contribution in [0.5, 0.6) is 0 Å². The molecule has 1 atom stereocenters. The fourth-order valence-electron chi connectivity index (χ4n) is 3.04. The number of fused-ring (bicyclic) bond motifs is 1. The molecule has 0 bridgehead atoms. The summed E-state index contributed by atoms with van der Waals surface area (Å²) in [4.78, 5) is 2.34. The summed E-state index contributed by atoms with van der Waals surface area (Å²) in [5.41, 5.74) is 0.963. The topological polar surface area (TPSA) is 28.4 Å². The van der Waals surface area contributed by atoms with E-state index in [0.29, 0.717) is 6.04 Å². The zero-order valence-electron chi connectivity index (χ0n) is 12.5. The van der Waals surface area contributed by atoms with Gasteiger partial charge >= 0.3 is 0 Å². The molecular formula is C18H22N2O. The Bertz CT molecular complexity index is 599. The second kappa shape index (κ2) is 6.34. The van der Waals surface area contributed by atoms with Crippen molar-refractivity contribution in [3.63, 3.8) is 0 Å². The predicted molar refractivity (Wildman–Crippen MR) is 86.1 cm³/mol. The normalized spacial score (nSPS) is 18.7. The largest absolute Gasteiger partial charge is 0.459 e. The van der Waals surface area contributed by atoms with E-state index >= 15 is 0 Å². The average molecular weight is 282 g/mol. The molecule has 21 heavy (non-hydrogen) atoms. The van der Waals surface area contributed by atoms with Gasteiger partial charge in [0.25, 0.3) is 0 Å². The van der Waals surface area contributed by atoms with Crippen molar-refractivity contribution in [1.82, 2.24) is 10.2 Å². The summed E-state index contributed by atoms with van der Waals surface area (Å²) in [5, 5.41) is 4.86. The zero-order valence-corrected chi connectivity index (χ0v) is 12.5. The number of nitrogens with zero attached hydrogens (tertiary/aromatic N) is 1.